The molecule has 1 N–H and O–H groups in total. The molecule has 2 aliphatic heterocycles. The van der Waals surface area contributed by atoms with E-state index in [0.29, 0.717) is 37.5 Å². The Morgan fingerprint density at radius 1 is 1.23 bits per heavy atom. The van der Waals surface area contributed by atoms with Gasteiger partial charge in [-0.15, -0.1) is 0 Å². The van der Waals surface area contributed by atoms with Crippen LogP contribution >= 0.6 is 0 Å². The number of aliphatic hydroxyl groups excluding tert-OH is 1. The summed E-state index contributed by atoms with van der Waals surface area (Å²) in [5, 5.41) is 10.7. The molecule has 1 aromatic carbocycles. The molecule has 2 aliphatic rings. The van der Waals surface area contributed by atoms with E-state index in [-0.39, 0.29) is 23.5 Å². The predicted octanol–water partition coefficient (Wildman–Crippen LogP) is 2.36. The molecule has 0 aliphatic carbocycles. The molecule has 7 nitrogen and oxygen atoms in total. The Morgan fingerprint density at radius 3 is 2.60 bits per heavy atom. The molecular formula is C22H35NO6S. The lowest BCUT2D eigenvalue weighted by molar-refractivity contribution is -0.149. The van der Waals surface area contributed by atoms with Crippen LogP contribution in [0.25, 0.3) is 0 Å². The van der Waals surface area contributed by atoms with Gasteiger partial charge in [-0.25, -0.2) is 8.42 Å². The van der Waals surface area contributed by atoms with Crippen LogP contribution in [0.2, 0.25) is 0 Å². The standard InChI is InChI=1S/C22H35NO6S/c1-22(2,3)29-21-14-23-8-7-15-11-20(28-9-6-10-30(5,25)26)19(27-4)12-16(15)17(23)13-18(21)24/h11-12,17-18,21,24H,6-10,13-14H2,1-5H3. The SMILES string of the molecule is COc1cc2c(cc1OCCCS(C)(=O)=O)CCN1CC(OC(C)(C)C)C(O)CC21. The van der Waals surface area contributed by atoms with Crippen LogP contribution in [-0.4, -0.2) is 75.0 Å². The van der Waals surface area contributed by atoms with E-state index in [9.17, 15) is 13.5 Å². The number of nitrogens with zero attached hydrogens (tertiary/aromatic N) is 1. The molecule has 0 radical (unpaired) electrons. The zero-order valence-electron chi connectivity index (χ0n) is 18.7. The number of piperidine rings is 1. The van der Waals surface area contributed by atoms with E-state index < -0.39 is 15.9 Å². The van der Waals surface area contributed by atoms with E-state index in [1.54, 1.807) is 7.11 Å². The molecule has 30 heavy (non-hydrogen) atoms. The van der Waals surface area contributed by atoms with Crippen molar-refractivity contribution in [3.8, 4) is 11.5 Å². The predicted molar refractivity (Wildman–Crippen MR) is 116 cm³/mol. The van der Waals surface area contributed by atoms with Gasteiger partial charge in [0.25, 0.3) is 0 Å². The van der Waals surface area contributed by atoms with E-state index in [1.165, 1.54) is 11.8 Å². The maximum atomic E-state index is 11.3. The number of benzene rings is 1. The van der Waals surface area contributed by atoms with Gasteiger partial charge in [0.05, 0.1) is 37.3 Å². The Labute approximate surface area is 180 Å². The van der Waals surface area contributed by atoms with E-state index >= 15 is 0 Å². The second-order valence-electron chi connectivity index (χ2n) is 9.37. The number of aliphatic hydroxyl groups is 1. The molecule has 3 atom stereocenters. The van der Waals surface area contributed by atoms with Crippen molar-refractivity contribution in [1.29, 1.82) is 0 Å². The van der Waals surface area contributed by atoms with Crippen molar-refractivity contribution >= 4 is 9.84 Å². The molecule has 1 saturated heterocycles. The highest BCUT2D eigenvalue weighted by molar-refractivity contribution is 7.90. The maximum Gasteiger partial charge on any atom is 0.161 e. The van der Waals surface area contributed by atoms with Crippen molar-refractivity contribution in [2.24, 2.45) is 0 Å². The highest BCUT2D eigenvalue weighted by Crippen LogP contribution is 2.42. The van der Waals surface area contributed by atoms with Gasteiger partial charge < -0.3 is 19.3 Å². The third kappa shape index (κ3) is 5.87. The Hall–Kier alpha value is -1.35. The summed E-state index contributed by atoms with van der Waals surface area (Å²) >= 11 is 0. The Morgan fingerprint density at radius 2 is 1.97 bits per heavy atom. The zero-order valence-corrected chi connectivity index (χ0v) is 19.5. The van der Waals surface area contributed by atoms with Crippen molar-refractivity contribution in [2.75, 3.05) is 38.8 Å². The van der Waals surface area contributed by atoms with Crippen LogP contribution in [-0.2, 0) is 21.0 Å². The van der Waals surface area contributed by atoms with E-state index in [2.05, 4.69) is 4.90 Å². The molecule has 1 aromatic rings. The van der Waals surface area contributed by atoms with Gasteiger partial charge in [-0.3, -0.25) is 4.90 Å². The monoisotopic (exact) mass is 441 g/mol. The fourth-order valence-electron chi connectivity index (χ4n) is 4.33. The molecule has 0 aromatic heterocycles. The lowest BCUT2D eigenvalue weighted by Crippen LogP contribution is -2.53. The number of hydrogen-bond acceptors (Lipinski definition) is 7. The molecular weight excluding hydrogens is 406 g/mol. The van der Waals surface area contributed by atoms with Crippen LogP contribution in [0.4, 0.5) is 0 Å². The maximum absolute atomic E-state index is 11.3. The highest BCUT2D eigenvalue weighted by Gasteiger charge is 2.40. The number of ether oxygens (including phenoxy) is 3. The van der Waals surface area contributed by atoms with Gasteiger partial charge >= 0.3 is 0 Å². The van der Waals surface area contributed by atoms with Gasteiger partial charge in [0.2, 0.25) is 0 Å². The summed E-state index contributed by atoms with van der Waals surface area (Å²) in [5.41, 5.74) is 2.06. The minimum Gasteiger partial charge on any atom is -0.493 e. The van der Waals surface area contributed by atoms with Crippen LogP contribution in [0, 0.1) is 0 Å². The summed E-state index contributed by atoms with van der Waals surface area (Å²) in [4.78, 5) is 2.39. The summed E-state index contributed by atoms with van der Waals surface area (Å²) in [6.45, 7) is 7.96. The lowest BCUT2D eigenvalue weighted by atomic mass is 9.84. The van der Waals surface area contributed by atoms with Crippen molar-refractivity contribution in [3.63, 3.8) is 0 Å². The van der Waals surface area contributed by atoms with Gasteiger partial charge in [-0.2, -0.15) is 0 Å². The highest BCUT2D eigenvalue weighted by atomic mass is 32.2. The summed E-state index contributed by atoms with van der Waals surface area (Å²) < 4.78 is 40.1. The largest absolute Gasteiger partial charge is 0.493 e. The topological polar surface area (TPSA) is 85.3 Å². The number of rotatable bonds is 7. The second-order valence-corrected chi connectivity index (χ2v) is 11.6. The van der Waals surface area contributed by atoms with Gasteiger partial charge in [-0.05, 0) is 63.3 Å². The van der Waals surface area contributed by atoms with Crippen LogP contribution in [0.3, 0.4) is 0 Å². The molecule has 3 unspecified atom stereocenters. The number of methoxy groups -OCH3 is 1. The zero-order chi connectivity index (χ0) is 22.1. The first-order valence-corrected chi connectivity index (χ1v) is 12.6. The van der Waals surface area contributed by atoms with Crippen LogP contribution in [0.15, 0.2) is 12.1 Å². The lowest BCUT2D eigenvalue weighted by Gasteiger charge is -2.46. The van der Waals surface area contributed by atoms with Gasteiger partial charge in [-0.1, -0.05) is 0 Å². The molecule has 170 valence electrons. The van der Waals surface area contributed by atoms with Gasteiger partial charge in [0, 0.05) is 25.4 Å². The van der Waals surface area contributed by atoms with Crippen molar-refractivity contribution in [3.05, 3.63) is 23.3 Å². The van der Waals surface area contributed by atoms with Crippen molar-refractivity contribution in [2.45, 2.75) is 63.9 Å². The summed E-state index contributed by atoms with van der Waals surface area (Å²) in [7, 11) is -1.39. The molecule has 0 amide bonds. The van der Waals surface area contributed by atoms with E-state index in [1.807, 2.05) is 32.9 Å². The third-order valence-corrected chi connectivity index (χ3v) is 6.65. The molecule has 0 spiro atoms. The smallest absolute Gasteiger partial charge is 0.161 e. The number of fused-ring (bicyclic) bond motifs is 3. The fourth-order valence-corrected chi connectivity index (χ4v) is 4.98. The average molecular weight is 442 g/mol. The van der Waals surface area contributed by atoms with Crippen LogP contribution in [0.5, 0.6) is 11.5 Å². The molecule has 0 bridgehead atoms. The molecule has 2 heterocycles. The number of hydrogen-bond donors (Lipinski definition) is 1. The third-order valence-electron chi connectivity index (χ3n) is 5.62. The quantitative estimate of drug-likeness (QED) is 0.650. The van der Waals surface area contributed by atoms with E-state index in [0.717, 1.165) is 18.5 Å². The van der Waals surface area contributed by atoms with Crippen molar-refractivity contribution in [1.82, 2.24) is 4.90 Å². The minimum absolute atomic E-state index is 0.104. The molecule has 8 heteroatoms. The summed E-state index contributed by atoms with van der Waals surface area (Å²) in [5.74, 6) is 1.38. The Kier molecular flexibility index (Phi) is 7.01. The summed E-state index contributed by atoms with van der Waals surface area (Å²) in [6, 6.07) is 4.14. The van der Waals surface area contributed by atoms with E-state index in [4.69, 9.17) is 14.2 Å². The fraction of sp³-hybridized carbons (Fsp3) is 0.727. The normalized spacial score (nSPS) is 24.8. The van der Waals surface area contributed by atoms with Gasteiger partial charge in [0.15, 0.2) is 11.5 Å². The average Bonchev–Trinajstić information content (AvgIpc) is 2.63. The minimum atomic E-state index is -2.99. The second kappa shape index (κ2) is 9.02. The summed E-state index contributed by atoms with van der Waals surface area (Å²) in [6.07, 6.45) is 2.46. The number of sulfone groups is 1. The van der Waals surface area contributed by atoms with Crippen LogP contribution in [0.1, 0.15) is 50.8 Å². The molecule has 1 fully saturated rings. The molecule has 3 rings (SSSR count). The first-order chi connectivity index (χ1) is 14.0. The Balaban J connectivity index is 1.74. The van der Waals surface area contributed by atoms with Crippen LogP contribution < -0.4 is 9.47 Å². The first kappa shape index (κ1) is 23.3. The van der Waals surface area contributed by atoms with Gasteiger partial charge in [0.1, 0.15) is 9.84 Å². The first-order valence-electron chi connectivity index (χ1n) is 10.6. The van der Waals surface area contributed by atoms with Crippen molar-refractivity contribution < 1.29 is 27.7 Å². The Bertz CT molecular complexity index is 848. The molecule has 0 saturated carbocycles.